The summed E-state index contributed by atoms with van der Waals surface area (Å²) in [6.45, 7) is 15.4. The summed E-state index contributed by atoms with van der Waals surface area (Å²) in [4.78, 5) is 4.41. The van der Waals surface area contributed by atoms with Gasteiger partial charge in [0.25, 0.3) is 0 Å². The van der Waals surface area contributed by atoms with Gasteiger partial charge >= 0.3 is 0 Å². The van der Waals surface area contributed by atoms with Crippen LogP contribution in [0.1, 0.15) is 53.8 Å². The number of hydrogen-bond acceptors (Lipinski definition) is 3. The first kappa shape index (κ1) is 16.2. The third-order valence-corrected chi connectivity index (χ3v) is 3.39. The van der Waals surface area contributed by atoms with E-state index in [1.807, 2.05) is 0 Å². The number of hydrogen-bond donors (Lipinski definition) is 1. The zero-order valence-electron chi connectivity index (χ0n) is 13.4. The third kappa shape index (κ3) is 5.31. The molecule has 4 heteroatoms. The lowest BCUT2D eigenvalue weighted by Gasteiger charge is -2.31. The van der Waals surface area contributed by atoms with Gasteiger partial charge < -0.3 is 5.32 Å². The molecule has 1 aromatic heterocycles. The summed E-state index contributed by atoms with van der Waals surface area (Å²) in [7, 11) is 0. The fraction of sp³-hybridized carbons (Fsp3) is 0.867. The highest BCUT2D eigenvalue weighted by Gasteiger charge is 2.23. The van der Waals surface area contributed by atoms with Gasteiger partial charge in [-0.1, -0.05) is 41.5 Å². The summed E-state index contributed by atoms with van der Waals surface area (Å²) in [5.41, 5.74) is 0.277. The van der Waals surface area contributed by atoms with Crippen molar-refractivity contribution in [1.82, 2.24) is 20.1 Å². The highest BCUT2D eigenvalue weighted by atomic mass is 15.3. The van der Waals surface area contributed by atoms with Gasteiger partial charge in [-0.2, -0.15) is 5.10 Å². The molecular weight excluding hydrogens is 236 g/mol. The molecule has 0 saturated heterocycles. The molecule has 1 unspecified atom stereocenters. The molecule has 0 aliphatic carbocycles. The minimum atomic E-state index is 0.277. The van der Waals surface area contributed by atoms with Crippen molar-refractivity contribution < 1.29 is 0 Å². The first-order valence-corrected chi connectivity index (χ1v) is 7.44. The topological polar surface area (TPSA) is 42.7 Å². The number of rotatable bonds is 7. The molecule has 0 aromatic carbocycles. The second kappa shape index (κ2) is 7.04. The summed E-state index contributed by atoms with van der Waals surface area (Å²) in [5.74, 6) is 1.72. The Morgan fingerprint density at radius 1 is 1.32 bits per heavy atom. The first-order valence-electron chi connectivity index (χ1n) is 7.44. The van der Waals surface area contributed by atoms with Crippen LogP contribution in [0.15, 0.2) is 6.33 Å². The van der Waals surface area contributed by atoms with Crippen molar-refractivity contribution in [3.05, 3.63) is 12.2 Å². The largest absolute Gasteiger partial charge is 0.314 e. The van der Waals surface area contributed by atoms with Gasteiger partial charge in [0.05, 0.1) is 0 Å². The van der Waals surface area contributed by atoms with Crippen LogP contribution in [0.4, 0.5) is 0 Å². The van der Waals surface area contributed by atoms with Gasteiger partial charge in [0, 0.05) is 19.0 Å². The Hall–Kier alpha value is -0.900. The second-order valence-electron chi connectivity index (χ2n) is 6.77. The van der Waals surface area contributed by atoms with Crippen LogP contribution in [0, 0.1) is 11.3 Å². The molecule has 110 valence electrons. The van der Waals surface area contributed by atoms with Crippen LogP contribution >= 0.6 is 0 Å². The van der Waals surface area contributed by atoms with Gasteiger partial charge in [-0.3, -0.25) is 0 Å². The minimum Gasteiger partial charge on any atom is -0.314 e. The minimum absolute atomic E-state index is 0.277. The van der Waals surface area contributed by atoms with Crippen LogP contribution in [0.25, 0.3) is 0 Å². The fourth-order valence-electron chi connectivity index (χ4n) is 2.34. The molecule has 0 fully saturated rings. The molecular formula is C15H30N4. The fourth-order valence-corrected chi connectivity index (χ4v) is 2.34. The third-order valence-electron chi connectivity index (χ3n) is 3.39. The Bertz CT molecular complexity index is 362. The van der Waals surface area contributed by atoms with E-state index in [4.69, 9.17) is 0 Å². The summed E-state index contributed by atoms with van der Waals surface area (Å²) >= 11 is 0. The number of aryl methyl sites for hydroxylation is 1. The maximum Gasteiger partial charge on any atom is 0.138 e. The van der Waals surface area contributed by atoms with Crippen molar-refractivity contribution in [2.24, 2.45) is 11.3 Å². The molecule has 4 nitrogen and oxygen atoms in total. The molecule has 1 heterocycles. The van der Waals surface area contributed by atoms with Gasteiger partial charge in [-0.15, -0.1) is 0 Å². The molecule has 0 saturated carbocycles. The summed E-state index contributed by atoms with van der Waals surface area (Å²) in [5, 5.41) is 7.92. The van der Waals surface area contributed by atoms with Crippen LogP contribution in [-0.2, 0) is 13.0 Å². The quantitative estimate of drug-likeness (QED) is 0.825. The zero-order valence-corrected chi connectivity index (χ0v) is 13.4. The molecule has 19 heavy (non-hydrogen) atoms. The lowest BCUT2D eigenvalue weighted by Crippen LogP contribution is -2.40. The second-order valence-corrected chi connectivity index (χ2v) is 6.77. The maximum absolute atomic E-state index is 4.41. The van der Waals surface area contributed by atoms with Crippen LogP contribution in [0.5, 0.6) is 0 Å². The van der Waals surface area contributed by atoms with Crippen LogP contribution in [-0.4, -0.2) is 27.4 Å². The Balaban J connectivity index is 2.62. The van der Waals surface area contributed by atoms with E-state index in [-0.39, 0.29) is 5.41 Å². The van der Waals surface area contributed by atoms with E-state index in [9.17, 15) is 0 Å². The number of aromatic nitrogens is 3. The van der Waals surface area contributed by atoms with Crippen LogP contribution in [0.3, 0.4) is 0 Å². The van der Waals surface area contributed by atoms with E-state index in [0.29, 0.717) is 12.0 Å². The molecule has 0 radical (unpaired) electrons. The molecule has 0 aliphatic rings. The maximum atomic E-state index is 4.41. The Kier molecular flexibility index (Phi) is 5.98. The van der Waals surface area contributed by atoms with Gasteiger partial charge in [-0.25, -0.2) is 9.67 Å². The Morgan fingerprint density at radius 2 is 2.00 bits per heavy atom. The highest BCUT2D eigenvalue weighted by Crippen LogP contribution is 2.23. The summed E-state index contributed by atoms with van der Waals surface area (Å²) in [6, 6.07) is 0.515. The number of nitrogens with zero attached hydrogens (tertiary/aromatic N) is 3. The van der Waals surface area contributed by atoms with Crippen LogP contribution in [0.2, 0.25) is 0 Å². The van der Waals surface area contributed by atoms with Crippen molar-refractivity contribution in [3.63, 3.8) is 0 Å². The SMILES string of the molecule is CCNC(CCc1ncnn1CC(C)C)C(C)(C)C. The van der Waals surface area contributed by atoms with E-state index >= 15 is 0 Å². The molecule has 1 aromatic rings. The predicted octanol–water partition coefficient (Wildman–Crippen LogP) is 2.89. The lowest BCUT2D eigenvalue weighted by atomic mass is 9.84. The smallest absolute Gasteiger partial charge is 0.138 e. The Morgan fingerprint density at radius 3 is 2.53 bits per heavy atom. The average molecular weight is 266 g/mol. The van der Waals surface area contributed by atoms with Gasteiger partial charge in [0.2, 0.25) is 0 Å². The lowest BCUT2D eigenvalue weighted by molar-refractivity contribution is 0.256. The van der Waals surface area contributed by atoms with Crippen molar-refractivity contribution in [2.45, 2.75) is 67.0 Å². The summed E-state index contributed by atoms with van der Waals surface area (Å²) in [6.07, 6.45) is 3.77. The average Bonchev–Trinajstić information content (AvgIpc) is 2.69. The molecule has 0 bridgehead atoms. The van der Waals surface area contributed by atoms with Crippen LogP contribution < -0.4 is 5.32 Å². The molecule has 1 rings (SSSR count). The molecule has 0 aliphatic heterocycles. The molecule has 1 N–H and O–H groups in total. The van der Waals surface area contributed by atoms with Crippen molar-refractivity contribution >= 4 is 0 Å². The monoisotopic (exact) mass is 266 g/mol. The van der Waals surface area contributed by atoms with E-state index in [1.165, 1.54) is 0 Å². The van der Waals surface area contributed by atoms with Crippen molar-refractivity contribution in [2.75, 3.05) is 6.54 Å². The van der Waals surface area contributed by atoms with Gasteiger partial charge in [0.1, 0.15) is 12.2 Å². The van der Waals surface area contributed by atoms with E-state index in [2.05, 4.69) is 61.6 Å². The van der Waals surface area contributed by atoms with Crippen molar-refractivity contribution in [3.8, 4) is 0 Å². The van der Waals surface area contributed by atoms with Crippen molar-refractivity contribution in [1.29, 1.82) is 0 Å². The predicted molar refractivity (Wildman–Crippen MR) is 80.1 cm³/mol. The first-order chi connectivity index (χ1) is 8.84. The highest BCUT2D eigenvalue weighted by molar-refractivity contribution is 4.89. The standard InChI is InChI=1S/C15H30N4/c1-7-16-13(15(4,5)6)8-9-14-17-11-18-19(14)10-12(2)3/h11-13,16H,7-10H2,1-6H3. The van der Waals surface area contributed by atoms with Gasteiger partial charge in [0.15, 0.2) is 0 Å². The Labute approximate surface area is 118 Å². The normalized spacial score (nSPS) is 14.1. The van der Waals surface area contributed by atoms with E-state index < -0.39 is 0 Å². The molecule has 0 spiro atoms. The number of nitrogens with one attached hydrogen (secondary N) is 1. The van der Waals surface area contributed by atoms with E-state index in [0.717, 1.165) is 31.8 Å². The summed E-state index contributed by atoms with van der Waals surface area (Å²) < 4.78 is 2.05. The zero-order chi connectivity index (χ0) is 14.5. The van der Waals surface area contributed by atoms with E-state index in [1.54, 1.807) is 6.33 Å². The van der Waals surface area contributed by atoms with Gasteiger partial charge in [-0.05, 0) is 24.3 Å². The molecule has 1 atom stereocenters. The molecule has 0 amide bonds.